The van der Waals surface area contributed by atoms with Crippen LogP contribution in [0.3, 0.4) is 0 Å². The van der Waals surface area contributed by atoms with Gasteiger partial charge < -0.3 is 18.9 Å². The molecule has 5 aromatic carbocycles. The molecule has 0 fully saturated rings. The van der Waals surface area contributed by atoms with Crippen molar-refractivity contribution in [2.24, 2.45) is 0 Å². The molecule has 0 saturated heterocycles. The summed E-state index contributed by atoms with van der Waals surface area (Å²) in [5.41, 5.74) is 13.9. The fourth-order valence-electron chi connectivity index (χ4n) is 10.6. The third-order valence-electron chi connectivity index (χ3n) is 14.7. The molecule has 2 aliphatic carbocycles. The zero-order chi connectivity index (χ0) is 48.9. The lowest BCUT2D eigenvalue weighted by Gasteiger charge is -2.20. The van der Waals surface area contributed by atoms with E-state index in [1.165, 1.54) is 190 Å². The summed E-state index contributed by atoms with van der Waals surface area (Å²) in [4.78, 5) is 0. The zero-order valence-electron chi connectivity index (χ0n) is 43.5. The van der Waals surface area contributed by atoms with E-state index in [1.54, 1.807) is 0 Å². The monoisotopic (exact) mass is 1070 g/mol. The van der Waals surface area contributed by atoms with Gasteiger partial charge in [-0.15, -0.1) is 0 Å². The van der Waals surface area contributed by atoms with E-state index in [2.05, 4.69) is 138 Å². The van der Waals surface area contributed by atoms with Crippen molar-refractivity contribution in [1.29, 1.82) is 0 Å². The number of ether oxygens (including phenoxy) is 4. The van der Waals surface area contributed by atoms with Gasteiger partial charge >= 0.3 is 0 Å². The molecule has 0 unspecified atom stereocenters. The van der Waals surface area contributed by atoms with Crippen molar-refractivity contribution in [3.8, 4) is 56.4 Å². The quantitative estimate of drug-likeness (QED) is 0.0377. The lowest BCUT2D eigenvalue weighted by atomic mass is 9.87. The van der Waals surface area contributed by atoms with Gasteiger partial charge in [0.05, 0.1) is 26.4 Å². The van der Waals surface area contributed by atoms with Gasteiger partial charge in [0.15, 0.2) is 0 Å². The summed E-state index contributed by atoms with van der Waals surface area (Å²) >= 11 is 8.38. The molecule has 5 aromatic rings. The Labute approximate surface area is 440 Å². The third kappa shape index (κ3) is 14.9. The fourth-order valence-corrected chi connectivity index (χ4v) is 11.8. The average molecular weight is 1080 g/mol. The minimum atomic E-state index is 0.0432. The van der Waals surface area contributed by atoms with Crippen molar-refractivity contribution >= 4 is 31.9 Å². The Kier molecular flexibility index (Phi) is 22.5. The van der Waals surface area contributed by atoms with Crippen LogP contribution in [0.2, 0.25) is 0 Å². The largest absolute Gasteiger partial charge is 0.494 e. The van der Waals surface area contributed by atoms with Crippen LogP contribution in [0, 0.1) is 0 Å². The maximum Gasteiger partial charge on any atom is 0.120 e. The fraction of sp³-hybridized carbons (Fsp3) is 0.531. The molecule has 0 bridgehead atoms. The van der Waals surface area contributed by atoms with Crippen LogP contribution in [0.4, 0.5) is 0 Å². The van der Waals surface area contributed by atoms with Crippen molar-refractivity contribution < 1.29 is 18.9 Å². The first-order valence-corrected chi connectivity index (χ1v) is 29.6. The van der Waals surface area contributed by atoms with Crippen LogP contribution < -0.4 is 18.9 Å². The second-order valence-corrected chi connectivity index (χ2v) is 22.0. The van der Waals surface area contributed by atoms with Crippen molar-refractivity contribution in [3.05, 3.63) is 116 Å². The summed E-state index contributed by atoms with van der Waals surface area (Å²) in [6.07, 6.45) is 30.8. The Morgan fingerprint density at radius 3 is 1.17 bits per heavy atom. The Hall–Kier alpha value is -3.74. The number of halogens is 2. The van der Waals surface area contributed by atoms with Crippen LogP contribution in [0.1, 0.15) is 216 Å². The molecule has 0 heterocycles. The van der Waals surface area contributed by atoms with Crippen LogP contribution in [0.15, 0.2) is 87.8 Å². The van der Waals surface area contributed by atoms with E-state index >= 15 is 0 Å². The highest BCUT2D eigenvalue weighted by atomic mass is 79.9. The van der Waals surface area contributed by atoms with Crippen molar-refractivity contribution in [3.63, 3.8) is 0 Å². The Morgan fingerprint density at radius 1 is 0.343 bits per heavy atom. The van der Waals surface area contributed by atoms with Crippen LogP contribution in [-0.4, -0.2) is 26.4 Å². The lowest BCUT2D eigenvalue weighted by molar-refractivity contribution is 0.304. The van der Waals surface area contributed by atoms with Gasteiger partial charge in [0.1, 0.15) is 23.0 Å². The predicted octanol–water partition coefficient (Wildman–Crippen LogP) is 20.6. The Balaban J connectivity index is 1.17. The summed E-state index contributed by atoms with van der Waals surface area (Å²) in [6.45, 7) is 12.1. The van der Waals surface area contributed by atoms with E-state index < -0.39 is 0 Å². The molecular formula is C64H84Br2O4. The zero-order valence-corrected chi connectivity index (χ0v) is 46.6. The lowest BCUT2D eigenvalue weighted by Crippen LogP contribution is -2.03. The summed E-state index contributed by atoms with van der Waals surface area (Å²) in [5, 5.41) is 0. The van der Waals surface area contributed by atoms with Gasteiger partial charge in [-0.25, -0.2) is 0 Å². The summed E-state index contributed by atoms with van der Waals surface area (Å²) < 4.78 is 28.1. The second-order valence-electron chi connectivity index (χ2n) is 20.2. The van der Waals surface area contributed by atoms with Gasteiger partial charge in [-0.3, -0.25) is 0 Å². The van der Waals surface area contributed by atoms with Gasteiger partial charge in [0.2, 0.25) is 0 Å². The maximum atomic E-state index is 6.66. The molecule has 0 N–H and O–H groups in total. The number of hydrogen-bond donors (Lipinski definition) is 0. The van der Waals surface area contributed by atoms with Crippen molar-refractivity contribution in [2.75, 3.05) is 26.4 Å². The van der Waals surface area contributed by atoms with E-state index in [0.717, 1.165) is 90.5 Å². The number of unbranched alkanes of at least 4 members (excludes halogenated alkanes) is 20. The number of hydrogen-bond acceptors (Lipinski definition) is 4. The van der Waals surface area contributed by atoms with E-state index in [1.807, 2.05) is 0 Å². The van der Waals surface area contributed by atoms with Gasteiger partial charge in [0.25, 0.3) is 0 Å². The van der Waals surface area contributed by atoms with Gasteiger partial charge in [-0.05, 0) is 154 Å². The van der Waals surface area contributed by atoms with Gasteiger partial charge in [0, 0.05) is 14.9 Å². The minimum Gasteiger partial charge on any atom is -0.494 e. The second kappa shape index (κ2) is 29.1. The van der Waals surface area contributed by atoms with E-state index in [-0.39, 0.29) is 5.92 Å². The minimum absolute atomic E-state index is 0.0432. The molecule has 70 heavy (non-hydrogen) atoms. The molecule has 4 nitrogen and oxygen atoms in total. The van der Waals surface area contributed by atoms with Crippen LogP contribution in [-0.2, 0) is 6.42 Å². The summed E-state index contributed by atoms with van der Waals surface area (Å²) in [7, 11) is 0. The number of fused-ring (bicyclic) bond motifs is 6. The summed E-state index contributed by atoms with van der Waals surface area (Å²) in [5.74, 6) is 3.82. The molecule has 378 valence electrons. The molecule has 0 aliphatic heterocycles. The van der Waals surface area contributed by atoms with Gasteiger partial charge in [-0.2, -0.15) is 0 Å². The third-order valence-corrected chi connectivity index (χ3v) is 16.0. The molecule has 0 saturated carbocycles. The first kappa shape index (κ1) is 54.0. The summed E-state index contributed by atoms with van der Waals surface area (Å²) in [6, 6.07) is 29.6. The average Bonchev–Trinajstić information content (AvgIpc) is 3.90. The Bertz CT molecular complexity index is 2320. The van der Waals surface area contributed by atoms with Crippen molar-refractivity contribution in [1.82, 2.24) is 0 Å². The smallest absolute Gasteiger partial charge is 0.120 e. The van der Waals surface area contributed by atoms with Crippen LogP contribution >= 0.6 is 31.9 Å². The van der Waals surface area contributed by atoms with Crippen LogP contribution in [0.5, 0.6) is 23.0 Å². The molecule has 0 atom stereocenters. The number of benzene rings is 5. The molecule has 0 spiro atoms. The topological polar surface area (TPSA) is 36.9 Å². The van der Waals surface area contributed by atoms with E-state index in [9.17, 15) is 0 Å². The SMILES string of the molecule is CCCCCCCCOc1ccc2c(c1)-c1cc(OCCCCCCCC)cc(-c3cc(Br)c(C4c5ccc(OCCCCCCCC)cc5-c5cc(OCCCCCCCC)ccc54)cc3Br)c1C2. The van der Waals surface area contributed by atoms with Crippen LogP contribution in [0.25, 0.3) is 33.4 Å². The molecule has 0 amide bonds. The maximum absolute atomic E-state index is 6.66. The standard InChI is InChI=1S/C64H84Br2O4/c1-5-9-13-17-21-25-35-67-48-30-29-47-39-55-58(54(47)40-48)43-51(70-38-28-24-20-16-12-8-4)44-59(55)60-45-63(66)61(46-62(60)65)64-52-33-31-49(68-36-26-22-18-14-10-6-2)41-56(52)57-42-50(32-34-53(57)64)69-37-27-23-19-15-11-7-3/h29-34,40-46,64H,5-28,35-39H2,1-4H3. The molecule has 0 aromatic heterocycles. The van der Waals surface area contributed by atoms with E-state index in [4.69, 9.17) is 18.9 Å². The highest BCUT2D eigenvalue weighted by molar-refractivity contribution is 9.11. The Morgan fingerprint density at radius 2 is 0.714 bits per heavy atom. The first-order valence-electron chi connectivity index (χ1n) is 28.0. The van der Waals surface area contributed by atoms with E-state index in [0.29, 0.717) is 0 Å². The van der Waals surface area contributed by atoms with Crippen molar-refractivity contribution in [2.45, 2.75) is 194 Å². The predicted molar refractivity (Wildman–Crippen MR) is 304 cm³/mol. The highest BCUT2D eigenvalue weighted by Crippen LogP contribution is 2.54. The molecular weight excluding hydrogens is 993 g/mol. The molecule has 7 rings (SSSR count). The highest BCUT2D eigenvalue weighted by Gasteiger charge is 2.33. The molecule has 2 aliphatic rings. The van der Waals surface area contributed by atoms with Gasteiger partial charge in [-0.1, -0.05) is 206 Å². The molecule has 0 radical (unpaired) electrons. The number of rotatable bonds is 34. The molecule has 6 heteroatoms. The first-order chi connectivity index (χ1) is 34.4. The normalized spacial score (nSPS) is 12.5.